The molecule has 0 aliphatic carbocycles. The molecule has 0 radical (unpaired) electrons. The average molecular weight is 267 g/mol. The predicted octanol–water partition coefficient (Wildman–Crippen LogP) is -1.46. The van der Waals surface area contributed by atoms with E-state index in [1.807, 2.05) is 0 Å². The van der Waals surface area contributed by atoms with Crippen molar-refractivity contribution in [2.24, 2.45) is 5.16 Å². The fraction of sp³-hybridized carbons (Fsp3) is 0. The normalized spacial score (nSPS) is 11.4. The fourth-order valence-corrected chi connectivity index (χ4v) is 1.92. The summed E-state index contributed by atoms with van der Waals surface area (Å²) in [5, 5.41) is 19.9. The molecular formula is C8H4ClN2NaO3S. The molecule has 0 aliphatic heterocycles. The van der Waals surface area contributed by atoms with Crippen LogP contribution in [0, 0.1) is 16.5 Å². The Morgan fingerprint density at radius 2 is 1.88 bits per heavy atom. The van der Waals surface area contributed by atoms with Crippen LogP contribution in [0.5, 0.6) is 0 Å². The number of benzene rings is 1. The molecular weight excluding hydrogens is 263 g/mol. The van der Waals surface area contributed by atoms with Crippen molar-refractivity contribution in [2.75, 3.05) is 0 Å². The van der Waals surface area contributed by atoms with E-state index in [2.05, 4.69) is 5.16 Å². The fourth-order valence-electron chi connectivity index (χ4n) is 0.855. The van der Waals surface area contributed by atoms with Gasteiger partial charge >= 0.3 is 29.6 Å². The van der Waals surface area contributed by atoms with Gasteiger partial charge in [-0.05, 0) is 24.3 Å². The van der Waals surface area contributed by atoms with Gasteiger partial charge in [0.05, 0.1) is 4.90 Å². The van der Waals surface area contributed by atoms with Gasteiger partial charge in [0.1, 0.15) is 6.07 Å². The minimum atomic E-state index is -4.10. The molecule has 0 spiro atoms. The van der Waals surface area contributed by atoms with E-state index in [9.17, 15) is 13.6 Å². The Kier molecular flexibility index (Phi) is 6.00. The number of rotatable bonds is 1. The van der Waals surface area contributed by atoms with Crippen LogP contribution in [-0.2, 0) is 9.84 Å². The third-order valence-corrected chi connectivity index (χ3v) is 3.38. The van der Waals surface area contributed by atoms with Crippen molar-refractivity contribution in [2.45, 2.75) is 4.90 Å². The molecule has 0 heterocycles. The van der Waals surface area contributed by atoms with Crippen LogP contribution in [0.25, 0.3) is 0 Å². The average Bonchev–Trinajstić information content (AvgIpc) is 2.19. The summed E-state index contributed by atoms with van der Waals surface area (Å²) in [6.07, 6.45) is 0. The second-order valence-corrected chi connectivity index (χ2v) is 4.77. The number of nitrogens with zero attached hydrogens (tertiary/aromatic N) is 2. The van der Waals surface area contributed by atoms with Gasteiger partial charge in [0.25, 0.3) is 0 Å². The summed E-state index contributed by atoms with van der Waals surface area (Å²) < 4.78 is 23.0. The van der Waals surface area contributed by atoms with E-state index < -0.39 is 14.9 Å². The first kappa shape index (κ1) is 15.4. The molecule has 16 heavy (non-hydrogen) atoms. The van der Waals surface area contributed by atoms with Gasteiger partial charge in [0, 0.05) is 5.02 Å². The molecule has 0 aromatic heterocycles. The van der Waals surface area contributed by atoms with Crippen molar-refractivity contribution in [1.29, 1.82) is 5.26 Å². The van der Waals surface area contributed by atoms with Crippen molar-refractivity contribution in [1.82, 2.24) is 0 Å². The molecule has 0 atom stereocenters. The summed E-state index contributed by atoms with van der Waals surface area (Å²) in [7, 11) is -4.10. The van der Waals surface area contributed by atoms with Crippen LogP contribution in [0.4, 0.5) is 0 Å². The number of hydrogen-bond acceptors (Lipinski definition) is 5. The second-order valence-electron chi connectivity index (χ2n) is 2.47. The van der Waals surface area contributed by atoms with Crippen molar-refractivity contribution in [3.05, 3.63) is 34.5 Å². The first-order chi connectivity index (χ1) is 7.02. The zero-order valence-corrected chi connectivity index (χ0v) is 11.8. The number of sulfone groups is 1. The SMILES string of the molecule is N#CC(=N[O-])S(=O)(=O)c1ccc(Cl)cc1.[Na+]. The van der Waals surface area contributed by atoms with E-state index in [0.717, 1.165) is 0 Å². The molecule has 0 aliphatic rings. The Labute approximate surface area is 120 Å². The molecule has 0 N–H and O–H groups in total. The molecule has 8 heteroatoms. The first-order valence-electron chi connectivity index (χ1n) is 3.63. The molecule has 0 saturated carbocycles. The van der Waals surface area contributed by atoms with E-state index in [4.69, 9.17) is 16.9 Å². The maximum atomic E-state index is 11.5. The van der Waals surface area contributed by atoms with Crippen LogP contribution in [0.3, 0.4) is 0 Å². The maximum absolute atomic E-state index is 11.5. The van der Waals surface area contributed by atoms with Gasteiger partial charge in [0.2, 0.25) is 14.9 Å². The molecule has 1 aromatic rings. The van der Waals surface area contributed by atoms with E-state index in [-0.39, 0.29) is 34.5 Å². The summed E-state index contributed by atoms with van der Waals surface area (Å²) >= 11 is 5.56. The Morgan fingerprint density at radius 3 is 2.25 bits per heavy atom. The Morgan fingerprint density at radius 1 is 1.38 bits per heavy atom. The van der Waals surface area contributed by atoms with Crippen LogP contribution in [0.1, 0.15) is 0 Å². The van der Waals surface area contributed by atoms with Gasteiger partial charge in [0.15, 0.2) is 0 Å². The molecule has 0 saturated heterocycles. The van der Waals surface area contributed by atoms with Crippen molar-refractivity contribution in [3.63, 3.8) is 0 Å². The summed E-state index contributed by atoms with van der Waals surface area (Å²) in [6, 6.07) is 6.29. The molecule has 1 aromatic carbocycles. The van der Waals surface area contributed by atoms with E-state index in [0.29, 0.717) is 5.02 Å². The summed E-state index contributed by atoms with van der Waals surface area (Å²) in [6.45, 7) is 0. The standard InChI is InChI=1S/C8H5ClN2O3S.Na/c9-6-1-3-7(4-2-6)15(13,14)8(5-10)11-12;/h1-4,12H;/q;+1/p-1. The Balaban J connectivity index is 0.00000225. The largest absolute Gasteiger partial charge is 1.00 e. The van der Waals surface area contributed by atoms with Gasteiger partial charge in [-0.1, -0.05) is 11.6 Å². The maximum Gasteiger partial charge on any atom is 1.00 e. The zero-order chi connectivity index (χ0) is 11.5. The van der Waals surface area contributed by atoms with Crippen LogP contribution >= 0.6 is 11.6 Å². The zero-order valence-electron chi connectivity index (χ0n) is 8.21. The number of hydrogen-bond donors (Lipinski definition) is 0. The van der Waals surface area contributed by atoms with Crippen LogP contribution < -0.4 is 29.6 Å². The Bertz CT molecular complexity index is 533. The van der Waals surface area contributed by atoms with Crippen molar-refractivity contribution < 1.29 is 38.0 Å². The van der Waals surface area contributed by atoms with Crippen LogP contribution in [0.15, 0.2) is 34.3 Å². The summed E-state index contributed by atoms with van der Waals surface area (Å²) in [5.74, 6) is 0. The smallest absolute Gasteiger partial charge is 0.790 e. The van der Waals surface area contributed by atoms with Crippen LogP contribution in [0.2, 0.25) is 5.02 Å². The third-order valence-electron chi connectivity index (χ3n) is 1.56. The van der Waals surface area contributed by atoms with Gasteiger partial charge in [-0.3, -0.25) is 5.16 Å². The van der Waals surface area contributed by atoms with Gasteiger partial charge < -0.3 is 5.21 Å². The third kappa shape index (κ3) is 3.20. The predicted molar refractivity (Wildman–Crippen MR) is 55.1 cm³/mol. The molecule has 0 amide bonds. The minimum absolute atomic E-state index is 0. The first-order valence-corrected chi connectivity index (χ1v) is 5.49. The van der Waals surface area contributed by atoms with Gasteiger partial charge in [-0.2, -0.15) is 5.26 Å². The summed E-state index contributed by atoms with van der Waals surface area (Å²) in [5.41, 5.74) is 0. The molecule has 0 fully saturated rings. The van der Waals surface area contributed by atoms with Gasteiger partial charge in [-0.15, -0.1) is 0 Å². The molecule has 0 bridgehead atoms. The van der Waals surface area contributed by atoms with E-state index in [1.54, 1.807) is 0 Å². The van der Waals surface area contributed by atoms with Crippen LogP contribution in [-0.4, -0.2) is 13.5 Å². The monoisotopic (exact) mass is 266 g/mol. The second kappa shape index (κ2) is 6.23. The van der Waals surface area contributed by atoms with E-state index >= 15 is 0 Å². The van der Waals surface area contributed by atoms with Crippen molar-refractivity contribution >= 4 is 26.5 Å². The molecule has 0 unspecified atom stereocenters. The molecule has 78 valence electrons. The Hall–Kier alpha value is -0.580. The quantitative estimate of drug-likeness (QED) is 0.269. The molecule has 5 nitrogen and oxygen atoms in total. The number of nitriles is 1. The van der Waals surface area contributed by atoms with E-state index in [1.165, 1.54) is 30.3 Å². The van der Waals surface area contributed by atoms with Crippen molar-refractivity contribution in [3.8, 4) is 6.07 Å². The summed E-state index contributed by atoms with van der Waals surface area (Å²) in [4.78, 5) is -0.192. The van der Waals surface area contributed by atoms with Gasteiger partial charge in [-0.25, -0.2) is 8.42 Å². The number of halogens is 1. The minimum Gasteiger partial charge on any atom is -0.790 e. The molecule has 1 rings (SSSR count). The topological polar surface area (TPSA) is 93.3 Å².